The Kier molecular flexibility index (Phi) is 4.42. The molecule has 2 aliphatic carbocycles. The maximum absolute atomic E-state index is 14.4. The fraction of sp³-hybridized carbons (Fsp3) is 0.238. The molecule has 4 unspecified atom stereocenters. The third kappa shape index (κ3) is 3.28. The lowest BCUT2D eigenvalue weighted by Crippen LogP contribution is -2.41. The molecular formula is C21H19FN6O2. The van der Waals surface area contributed by atoms with Crippen LogP contribution >= 0.6 is 0 Å². The smallest absolute Gasteiger partial charge is 0.229 e. The van der Waals surface area contributed by atoms with Crippen LogP contribution in [0.15, 0.2) is 59.5 Å². The van der Waals surface area contributed by atoms with E-state index in [9.17, 15) is 9.18 Å². The predicted octanol–water partition coefficient (Wildman–Crippen LogP) is 3.10. The molecule has 1 fully saturated rings. The minimum absolute atomic E-state index is 0.0357. The Morgan fingerprint density at radius 3 is 2.90 bits per heavy atom. The van der Waals surface area contributed by atoms with Crippen molar-refractivity contribution < 1.29 is 13.6 Å². The molecule has 0 saturated heterocycles. The topological polar surface area (TPSA) is 119 Å². The highest BCUT2D eigenvalue weighted by Gasteiger charge is 2.47. The molecule has 1 saturated carbocycles. The zero-order valence-electron chi connectivity index (χ0n) is 15.8. The molecule has 0 spiro atoms. The number of hydrogen-bond donors (Lipinski definition) is 3. The summed E-state index contributed by atoms with van der Waals surface area (Å²) in [5, 5.41) is 6.15. The van der Waals surface area contributed by atoms with Crippen LogP contribution in [0.1, 0.15) is 6.42 Å². The molecule has 152 valence electrons. The first-order chi connectivity index (χ1) is 14.6. The molecule has 5 rings (SSSR count). The SMILES string of the molecule is NC(=O)C1C2C=CC(C2)C1Nc1nc(Nc2cccc(-c3ncco3)c2)ncc1F. The van der Waals surface area contributed by atoms with E-state index in [4.69, 9.17) is 10.2 Å². The highest BCUT2D eigenvalue weighted by Crippen LogP contribution is 2.44. The first kappa shape index (κ1) is 18.3. The Bertz CT molecular complexity index is 1120. The number of nitrogens with zero attached hydrogens (tertiary/aromatic N) is 3. The van der Waals surface area contributed by atoms with Gasteiger partial charge in [0.05, 0.1) is 18.3 Å². The van der Waals surface area contributed by atoms with Crippen LogP contribution in [0.3, 0.4) is 0 Å². The second-order valence-corrected chi connectivity index (χ2v) is 7.48. The lowest BCUT2D eigenvalue weighted by molar-refractivity contribution is -0.122. The number of anilines is 3. The van der Waals surface area contributed by atoms with Gasteiger partial charge in [0.15, 0.2) is 11.6 Å². The Balaban J connectivity index is 1.37. The lowest BCUT2D eigenvalue weighted by Gasteiger charge is -2.27. The molecule has 4 N–H and O–H groups in total. The van der Waals surface area contributed by atoms with Crippen molar-refractivity contribution in [2.24, 2.45) is 23.5 Å². The van der Waals surface area contributed by atoms with Crippen molar-refractivity contribution in [3.05, 3.63) is 60.9 Å². The van der Waals surface area contributed by atoms with Crippen molar-refractivity contribution in [1.82, 2.24) is 15.0 Å². The van der Waals surface area contributed by atoms with Crippen LogP contribution in [0.2, 0.25) is 0 Å². The summed E-state index contributed by atoms with van der Waals surface area (Å²) in [6.07, 6.45) is 9.06. The zero-order chi connectivity index (χ0) is 20.7. The number of nitrogens with two attached hydrogens (primary N) is 1. The number of aromatic nitrogens is 3. The Labute approximate surface area is 171 Å². The van der Waals surface area contributed by atoms with Gasteiger partial charge in [0, 0.05) is 17.3 Å². The van der Waals surface area contributed by atoms with E-state index in [1.807, 2.05) is 36.4 Å². The van der Waals surface area contributed by atoms with Crippen LogP contribution < -0.4 is 16.4 Å². The third-order valence-corrected chi connectivity index (χ3v) is 5.63. The van der Waals surface area contributed by atoms with Gasteiger partial charge in [-0.15, -0.1) is 0 Å². The Morgan fingerprint density at radius 1 is 1.23 bits per heavy atom. The van der Waals surface area contributed by atoms with E-state index in [0.717, 1.165) is 18.2 Å². The van der Waals surface area contributed by atoms with Crippen molar-refractivity contribution in [3.63, 3.8) is 0 Å². The number of hydrogen-bond acceptors (Lipinski definition) is 7. The largest absolute Gasteiger partial charge is 0.445 e. The molecule has 9 heteroatoms. The van der Waals surface area contributed by atoms with E-state index in [1.165, 1.54) is 6.26 Å². The summed E-state index contributed by atoms with van der Waals surface area (Å²) in [5.41, 5.74) is 7.06. The monoisotopic (exact) mass is 406 g/mol. The Morgan fingerprint density at radius 2 is 2.10 bits per heavy atom. The van der Waals surface area contributed by atoms with Crippen LogP contribution in [0.5, 0.6) is 0 Å². The number of halogens is 1. The molecule has 2 aromatic heterocycles. The number of primary amides is 1. The van der Waals surface area contributed by atoms with Gasteiger partial charge >= 0.3 is 0 Å². The molecule has 4 atom stereocenters. The average molecular weight is 406 g/mol. The molecule has 2 aliphatic rings. The van der Waals surface area contributed by atoms with E-state index in [0.29, 0.717) is 11.6 Å². The number of rotatable bonds is 6. The predicted molar refractivity (Wildman–Crippen MR) is 108 cm³/mol. The summed E-state index contributed by atoms with van der Waals surface area (Å²) in [6, 6.07) is 7.07. The standard InChI is InChI=1S/C21H19FN6O2/c22-15-10-25-21(26-14-3-1-2-13(9-14)20-24-6-7-30-20)28-19(15)27-17-12-5-4-11(8-12)16(17)18(23)29/h1-7,9-12,16-17H,8H2,(H2,23,29)(H2,25,26,27,28). The molecule has 0 aliphatic heterocycles. The molecule has 2 heterocycles. The molecule has 2 bridgehead atoms. The Hall–Kier alpha value is -3.75. The number of carbonyl (C=O) groups is 1. The summed E-state index contributed by atoms with van der Waals surface area (Å²) >= 11 is 0. The number of allylic oxidation sites excluding steroid dienone is 1. The molecule has 3 aromatic rings. The lowest BCUT2D eigenvalue weighted by atomic mass is 9.88. The molecule has 1 amide bonds. The van der Waals surface area contributed by atoms with E-state index in [1.54, 1.807) is 6.20 Å². The van der Waals surface area contributed by atoms with E-state index in [2.05, 4.69) is 25.6 Å². The second-order valence-electron chi connectivity index (χ2n) is 7.48. The second kappa shape index (κ2) is 7.25. The van der Waals surface area contributed by atoms with Gasteiger partial charge in [-0.1, -0.05) is 18.2 Å². The van der Waals surface area contributed by atoms with E-state index < -0.39 is 5.82 Å². The number of benzene rings is 1. The quantitative estimate of drug-likeness (QED) is 0.538. The van der Waals surface area contributed by atoms with Gasteiger partial charge in [-0.05, 0) is 36.5 Å². The van der Waals surface area contributed by atoms with Crippen LogP contribution in [0.4, 0.5) is 21.8 Å². The first-order valence-electron chi connectivity index (χ1n) is 9.62. The summed E-state index contributed by atoms with van der Waals surface area (Å²) in [6.45, 7) is 0. The summed E-state index contributed by atoms with van der Waals surface area (Å²) in [4.78, 5) is 24.3. The van der Waals surface area contributed by atoms with Crippen LogP contribution in [0.25, 0.3) is 11.5 Å². The maximum Gasteiger partial charge on any atom is 0.229 e. The van der Waals surface area contributed by atoms with Crippen molar-refractivity contribution >= 4 is 23.4 Å². The van der Waals surface area contributed by atoms with Crippen molar-refractivity contribution in [2.45, 2.75) is 12.5 Å². The van der Waals surface area contributed by atoms with Gasteiger partial charge in [-0.25, -0.2) is 14.4 Å². The fourth-order valence-electron chi connectivity index (χ4n) is 4.32. The maximum atomic E-state index is 14.4. The van der Waals surface area contributed by atoms with Gasteiger partial charge in [0.2, 0.25) is 17.7 Å². The molecule has 30 heavy (non-hydrogen) atoms. The fourth-order valence-corrected chi connectivity index (χ4v) is 4.32. The summed E-state index contributed by atoms with van der Waals surface area (Å²) < 4.78 is 19.7. The molecule has 8 nitrogen and oxygen atoms in total. The van der Waals surface area contributed by atoms with Gasteiger partial charge in [0.1, 0.15) is 6.26 Å². The molecule has 0 radical (unpaired) electrons. The normalized spacial score (nSPS) is 24.2. The average Bonchev–Trinajstić information content (AvgIpc) is 3.48. The summed E-state index contributed by atoms with van der Waals surface area (Å²) in [5.74, 6) is -0.414. The highest BCUT2D eigenvalue weighted by molar-refractivity contribution is 5.79. The van der Waals surface area contributed by atoms with Crippen LogP contribution in [-0.2, 0) is 4.79 Å². The number of nitrogens with one attached hydrogen (secondary N) is 2. The molecular weight excluding hydrogens is 387 g/mol. The highest BCUT2D eigenvalue weighted by atomic mass is 19.1. The zero-order valence-corrected chi connectivity index (χ0v) is 15.8. The van der Waals surface area contributed by atoms with Gasteiger partial charge < -0.3 is 20.8 Å². The number of carbonyl (C=O) groups excluding carboxylic acids is 1. The van der Waals surface area contributed by atoms with Crippen molar-refractivity contribution in [1.29, 1.82) is 0 Å². The number of oxazole rings is 1. The minimum atomic E-state index is -0.593. The van der Waals surface area contributed by atoms with E-state index >= 15 is 0 Å². The van der Waals surface area contributed by atoms with E-state index in [-0.39, 0.29) is 41.5 Å². The summed E-state index contributed by atoms with van der Waals surface area (Å²) in [7, 11) is 0. The minimum Gasteiger partial charge on any atom is -0.445 e. The molecule has 1 aromatic carbocycles. The van der Waals surface area contributed by atoms with Gasteiger partial charge in [0.25, 0.3) is 0 Å². The van der Waals surface area contributed by atoms with Crippen molar-refractivity contribution in [3.8, 4) is 11.5 Å². The third-order valence-electron chi connectivity index (χ3n) is 5.63. The van der Waals surface area contributed by atoms with Crippen LogP contribution in [-0.4, -0.2) is 26.9 Å². The van der Waals surface area contributed by atoms with Gasteiger partial charge in [-0.2, -0.15) is 4.98 Å². The van der Waals surface area contributed by atoms with Gasteiger partial charge in [-0.3, -0.25) is 4.79 Å². The van der Waals surface area contributed by atoms with Crippen molar-refractivity contribution in [2.75, 3.05) is 10.6 Å². The number of amides is 1. The first-order valence-corrected chi connectivity index (χ1v) is 9.62. The number of fused-ring (bicyclic) bond motifs is 2. The van der Waals surface area contributed by atoms with Crippen LogP contribution in [0, 0.1) is 23.6 Å².